The summed E-state index contributed by atoms with van der Waals surface area (Å²) in [6, 6.07) is 2.20. The maximum atomic E-state index is 11.9. The first kappa shape index (κ1) is 13.6. The van der Waals surface area contributed by atoms with E-state index in [0.717, 1.165) is 25.1 Å². The first-order valence-electron chi connectivity index (χ1n) is 6.29. The smallest absolute Gasteiger partial charge is 0.240 e. The van der Waals surface area contributed by atoms with Gasteiger partial charge in [-0.25, -0.2) is 0 Å². The lowest BCUT2D eigenvalue weighted by Gasteiger charge is -2.13. The van der Waals surface area contributed by atoms with Crippen LogP contribution in [0.3, 0.4) is 0 Å². The van der Waals surface area contributed by atoms with Gasteiger partial charge in [-0.1, -0.05) is 0 Å². The fourth-order valence-electron chi connectivity index (χ4n) is 2.23. The van der Waals surface area contributed by atoms with E-state index < -0.39 is 0 Å². The van der Waals surface area contributed by atoms with E-state index in [2.05, 4.69) is 5.32 Å². The Kier molecular flexibility index (Phi) is 3.88. The van der Waals surface area contributed by atoms with Gasteiger partial charge in [0, 0.05) is 24.7 Å². The number of nitrogens with zero attached hydrogens (tertiary/aromatic N) is 2. The Hall–Kier alpha value is -1.84. The highest BCUT2D eigenvalue weighted by molar-refractivity contribution is 5.92. The molecule has 3 N–H and O–H groups in total. The molecule has 102 valence electrons. The second kappa shape index (κ2) is 5.43. The van der Waals surface area contributed by atoms with Gasteiger partial charge in [0.25, 0.3) is 0 Å². The summed E-state index contributed by atoms with van der Waals surface area (Å²) in [4.78, 5) is 13.9. The highest BCUT2D eigenvalue weighted by atomic mass is 16.4. The molecule has 0 aromatic carbocycles. The van der Waals surface area contributed by atoms with Crippen molar-refractivity contribution < 1.29 is 9.21 Å². The molecule has 1 aromatic rings. The zero-order valence-electron chi connectivity index (χ0n) is 11.2. The van der Waals surface area contributed by atoms with Gasteiger partial charge >= 0.3 is 0 Å². The van der Waals surface area contributed by atoms with E-state index in [4.69, 9.17) is 15.4 Å². The number of aryl methyl sites for hydroxylation is 1. The molecule has 19 heavy (non-hydrogen) atoms. The van der Waals surface area contributed by atoms with Gasteiger partial charge in [0.2, 0.25) is 11.8 Å². The Bertz CT molecular complexity index is 529. The summed E-state index contributed by atoms with van der Waals surface area (Å²) in [6.45, 7) is 5.40. The summed E-state index contributed by atoms with van der Waals surface area (Å²) >= 11 is 0. The lowest BCUT2D eigenvalue weighted by Crippen LogP contribution is -2.33. The Morgan fingerprint density at radius 3 is 2.95 bits per heavy atom. The average molecular weight is 262 g/mol. The average Bonchev–Trinajstić information content (AvgIpc) is 2.85. The first-order chi connectivity index (χ1) is 9.01. The number of furan rings is 1. The minimum Gasteiger partial charge on any atom is -0.444 e. The van der Waals surface area contributed by atoms with Gasteiger partial charge in [0.15, 0.2) is 0 Å². The van der Waals surface area contributed by atoms with E-state index in [-0.39, 0.29) is 24.4 Å². The molecule has 0 saturated carbocycles. The first-order valence-corrected chi connectivity index (χ1v) is 6.29. The van der Waals surface area contributed by atoms with Gasteiger partial charge in [0.05, 0.1) is 6.54 Å². The van der Waals surface area contributed by atoms with Crippen LogP contribution in [0.4, 0.5) is 5.88 Å². The number of rotatable bonds is 3. The van der Waals surface area contributed by atoms with Crippen LogP contribution in [0.25, 0.3) is 0 Å². The SMILES string of the molecule is Cc1oc(NC(=O)CN2CC[C@@H](N)C2)c(C#N)c1C. The van der Waals surface area contributed by atoms with Crippen LogP contribution < -0.4 is 11.1 Å². The van der Waals surface area contributed by atoms with Crippen molar-refractivity contribution in [3.63, 3.8) is 0 Å². The number of nitriles is 1. The molecule has 6 nitrogen and oxygen atoms in total. The van der Waals surface area contributed by atoms with Gasteiger partial charge in [-0.15, -0.1) is 0 Å². The lowest BCUT2D eigenvalue weighted by molar-refractivity contribution is -0.117. The second-order valence-corrected chi connectivity index (χ2v) is 4.93. The molecule has 6 heteroatoms. The third-order valence-corrected chi connectivity index (χ3v) is 3.43. The van der Waals surface area contributed by atoms with Crippen molar-refractivity contribution in [2.24, 2.45) is 5.73 Å². The van der Waals surface area contributed by atoms with Crippen LogP contribution in [0.2, 0.25) is 0 Å². The summed E-state index contributed by atoms with van der Waals surface area (Å²) in [6.07, 6.45) is 0.912. The van der Waals surface area contributed by atoms with Crippen molar-refractivity contribution in [3.8, 4) is 6.07 Å². The summed E-state index contributed by atoms with van der Waals surface area (Å²) < 4.78 is 5.39. The third kappa shape index (κ3) is 2.95. The quantitative estimate of drug-likeness (QED) is 0.837. The van der Waals surface area contributed by atoms with Gasteiger partial charge in [-0.3, -0.25) is 15.0 Å². The molecule has 1 aromatic heterocycles. The highest BCUT2D eigenvalue weighted by Gasteiger charge is 2.22. The molecule has 2 heterocycles. The molecular weight excluding hydrogens is 244 g/mol. The monoisotopic (exact) mass is 262 g/mol. The number of nitrogens with two attached hydrogens (primary N) is 1. The molecule has 0 unspecified atom stereocenters. The van der Waals surface area contributed by atoms with Crippen LogP contribution in [0.15, 0.2) is 4.42 Å². The number of nitrogens with one attached hydrogen (secondary N) is 1. The number of likely N-dealkylation sites (tertiary alicyclic amines) is 1. The Morgan fingerprint density at radius 1 is 1.63 bits per heavy atom. The molecule has 0 spiro atoms. The predicted molar refractivity (Wildman–Crippen MR) is 70.6 cm³/mol. The zero-order chi connectivity index (χ0) is 14.0. The molecule has 1 amide bonds. The number of amides is 1. The number of hydrogen-bond donors (Lipinski definition) is 2. The summed E-state index contributed by atoms with van der Waals surface area (Å²) in [5.41, 5.74) is 6.94. The number of carbonyl (C=O) groups is 1. The molecule has 1 fully saturated rings. The number of carbonyl (C=O) groups excluding carboxylic acids is 1. The van der Waals surface area contributed by atoms with Crippen LogP contribution in [0, 0.1) is 25.2 Å². The molecule has 0 aliphatic carbocycles. The van der Waals surface area contributed by atoms with Gasteiger partial charge < -0.3 is 10.2 Å². The molecular formula is C13H18N4O2. The molecule has 1 aliphatic rings. The molecule has 1 saturated heterocycles. The van der Waals surface area contributed by atoms with Gasteiger partial charge in [-0.2, -0.15) is 5.26 Å². The van der Waals surface area contributed by atoms with Gasteiger partial charge in [0.1, 0.15) is 17.4 Å². The Balaban J connectivity index is 2.00. The zero-order valence-corrected chi connectivity index (χ0v) is 11.2. The van der Waals surface area contributed by atoms with Crippen molar-refractivity contribution in [3.05, 3.63) is 16.9 Å². The Labute approximate surface area is 112 Å². The van der Waals surface area contributed by atoms with Crippen LogP contribution in [-0.2, 0) is 4.79 Å². The van der Waals surface area contributed by atoms with Crippen LogP contribution in [0.5, 0.6) is 0 Å². The Morgan fingerprint density at radius 2 is 2.37 bits per heavy atom. The second-order valence-electron chi connectivity index (χ2n) is 4.93. The minimum atomic E-state index is -0.181. The molecule has 1 atom stereocenters. The molecule has 0 radical (unpaired) electrons. The van der Waals surface area contributed by atoms with Crippen LogP contribution >= 0.6 is 0 Å². The van der Waals surface area contributed by atoms with E-state index >= 15 is 0 Å². The van der Waals surface area contributed by atoms with Gasteiger partial charge in [-0.05, 0) is 20.3 Å². The van der Waals surface area contributed by atoms with Crippen molar-refractivity contribution in [2.45, 2.75) is 26.3 Å². The summed E-state index contributed by atoms with van der Waals surface area (Å²) in [5.74, 6) is 0.709. The molecule has 2 rings (SSSR count). The largest absolute Gasteiger partial charge is 0.444 e. The van der Waals surface area contributed by atoms with Crippen LogP contribution in [-0.4, -0.2) is 36.5 Å². The fourth-order valence-corrected chi connectivity index (χ4v) is 2.23. The third-order valence-electron chi connectivity index (χ3n) is 3.43. The maximum Gasteiger partial charge on any atom is 0.240 e. The molecule has 0 bridgehead atoms. The van der Waals surface area contributed by atoms with E-state index in [1.165, 1.54) is 0 Å². The highest BCUT2D eigenvalue weighted by Crippen LogP contribution is 2.25. The van der Waals surface area contributed by atoms with Crippen LogP contribution in [0.1, 0.15) is 23.3 Å². The lowest BCUT2D eigenvalue weighted by atomic mass is 10.2. The normalized spacial score (nSPS) is 19.4. The summed E-state index contributed by atoms with van der Waals surface area (Å²) in [7, 11) is 0. The predicted octanol–water partition coefficient (Wildman–Crippen LogP) is 0.740. The standard InChI is InChI=1S/C13H18N4O2/c1-8-9(2)19-13(11(8)5-14)16-12(18)7-17-4-3-10(15)6-17/h10H,3-4,6-7,15H2,1-2H3,(H,16,18)/t10-/m1/s1. The van der Waals surface area contributed by atoms with Crippen molar-refractivity contribution in [1.82, 2.24) is 4.90 Å². The maximum absolute atomic E-state index is 11.9. The van der Waals surface area contributed by atoms with E-state index in [9.17, 15) is 4.79 Å². The van der Waals surface area contributed by atoms with E-state index in [0.29, 0.717) is 11.3 Å². The molecule has 1 aliphatic heterocycles. The topological polar surface area (TPSA) is 95.3 Å². The fraction of sp³-hybridized carbons (Fsp3) is 0.538. The summed E-state index contributed by atoms with van der Waals surface area (Å²) in [5, 5.41) is 11.7. The minimum absolute atomic E-state index is 0.149. The van der Waals surface area contributed by atoms with Crippen molar-refractivity contribution in [1.29, 1.82) is 5.26 Å². The number of anilines is 1. The van der Waals surface area contributed by atoms with Crippen molar-refractivity contribution >= 4 is 11.8 Å². The number of hydrogen-bond acceptors (Lipinski definition) is 5. The van der Waals surface area contributed by atoms with E-state index in [1.807, 2.05) is 11.0 Å². The van der Waals surface area contributed by atoms with E-state index in [1.54, 1.807) is 13.8 Å². The van der Waals surface area contributed by atoms with Crippen molar-refractivity contribution in [2.75, 3.05) is 25.0 Å².